The third kappa shape index (κ3) is 8.30. The van der Waals surface area contributed by atoms with E-state index in [4.69, 9.17) is 4.74 Å². The lowest BCUT2D eigenvalue weighted by molar-refractivity contribution is -0.154. The number of hydrogen-bond donors (Lipinski definition) is 1. The SMILES string of the molecule is Cc1ncc(/C=C/C(=O)NC2CCC(CCN3CCc4ccc(OCC(F)(F)F)nc4CC3)CC2)s1. The molecule has 1 aliphatic heterocycles. The minimum Gasteiger partial charge on any atom is -0.468 e. The second kappa shape index (κ2) is 12.2. The molecule has 1 aliphatic carbocycles. The van der Waals surface area contributed by atoms with E-state index in [-0.39, 0.29) is 17.8 Å². The Labute approximate surface area is 214 Å². The normalized spacial score (nSPS) is 21.2. The van der Waals surface area contributed by atoms with Gasteiger partial charge < -0.3 is 15.0 Å². The second-order valence-corrected chi connectivity index (χ2v) is 10.9. The highest BCUT2D eigenvalue weighted by atomic mass is 32.1. The van der Waals surface area contributed by atoms with E-state index in [9.17, 15) is 18.0 Å². The molecule has 2 aromatic heterocycles. The Hall–Kier alpha value is -2.46. The number of hydrogen-bond acceptors (Lipinski definition) is 6. The first-order valence-corrected chi connectivity index (χ1v) is 13.4. The van der Waals surface area contributed by atoms with E-state index >= 15 is 0 Å². The molecule has 4 rings (SSSR count). The molecule has 196 valence electrons. The fourth-order valence-electron chi connectivity index (χ4n) is 4.89. The molecule has 1 amide bonds. The highest BCUT2D eigenvalue weighted by molar-refractivity contribution is 7.12. The second-order valence-electron chi connectivity index (χ2n) is 9.63. The zero-order valence-electron chi connectivity index (χ0n) is 20.5. The van der Waals surface area contributed by atoms with Crippen molar-refractivity contribution < 1.29 is 22.7 Å². The Kier molecular flexibility index (Phi) is 9.00. The summed E-state index contributed by atoms with van der Waals surface area (Å²) >= 11 is 1.57. The lowest BCUT2D eigenvalue weighted by Crippen LogP contribution is -2.37. The van der Waals surface area contributed by atoms with Gasteiger partial charge in [-0.2, -0.15) is 13.2 Å². The van der Waals surface area contributed by atoms with E-state index in [1.165, 1.54) is 6.07 Å². The topological polar surface area (TPSA) is 67.4 Å². The average Bonchev–Trinajstić information content (AvgIpc) is 3.15. The van der Waals surface area contributed by atoms with Crippen LogP contribution in [0.3, 0.4) is 0 Å². The molecule has 0 unspecified atom stereocenters. The molecule has 0 radical (unpaired) electrons. The van der Waals surface area contributed by atoms with E-state index in [1.54, 1.807) is 23.6 Å². The van der Waals surface area contributed by atoms with Crippen molar-refractivity contribution in [3.8, 4) is 5.88 Å². The summed E-state index contributed by atoms with van der Waals surface area (Å²) in [6.07, 6.45) is 7.72. The first-order chi connectivity index (χ1) is 17.2. The monoisotopic (exact) mass is 522 g/mol. The predicted molar refractivity (Wildman–Crippen MR) is 134 cm³/mol. The van der Waals surface area contributed by atoms with Crippen molar-refractivity contribution >= 4 is 23.3 Å². The van der Waals surface area contributed by atoms with Gasteiger partial charge in [0.2, 0.25) is 11.8 Å². The standard InChI is InChI=1S/C26H33F3N4O2S/c1-18-30-16-22(36-18)7-8-24(34)31-21-5-2-19(3-6-21)10-13-33-14-11-20-4-9-25(32-23(20)12-15-33)35-17-26(27,28)29/h4,7-9,16,19,21H,2-3,5-6,10-15,17H2,1H3,(H,31,34)/b8-7+. The zero-order chi connectivity index (χ0) is 25.5. The average molecular weight is 523 g/mol. The number of rotatable bonds is 8. The number of nitrogens with zero attached hydrogens (tertiary/aromatic N) is 3. The van der Waals surface area contributed by atoms with Crippen LogP contribution in [0.15, 0.2) is 24.4 Å². The number of carbonyl (C=O) groups excluding carboxylic acids is 1. The van der Waals surface area contributed by atoms with Gasteiger partial charge in [-0.15, -0.1) is 11.3 Å². The maximum absolute atomic E-state index is 12.4. The van der Waals surface area contributed by atoms with Gasteiger partial charge in [0.25, 0.3) is 0 Å². The summed E-state index contributed by atoms with van der Waals surface area (Å²) in [5.74, 6) is 0.645. The van der Waals surface area contributed by atoms with Crippen molar-refractivity contribution in [2.24, 2.45) is 5.92 Å². The quantitative estimate of drug-likeness (QED) is 0.496. The van der Waals surface area contributed by atoms with Crippen LogP contribution in [0, 0.1) is 12.8 Å². The number of ether oxygens (including phenoxy) is 1. The van der Waals surface area contributed by atoms with E-state index in [0.29, 0.717) is 12.3 Å². The molecular formula is C26H33F3N4O2S. The predicted octanol–water partition coefficient (Wildman–Crippen LogP) is 4.97. The Morgan fingerprint density at radius 1 is 1.22 bits per heavy atom. The molecule has 1 saturated carbocycles. The third-order valence-electron chi connectivity index (χ3n) is 6.87. The Morgan fingerprint density at radius 3 is 2.72 bits per heavy atom. The van der Waals surface area contributed by atoms with Crippen molar-refractivity contribution in [2.45, 2.75) is 64.1 Å². The molecule has 3 heterocycles. The zero-order valence-corrected chi connectivity index (χ0v) is 21.3. The van der Waals surface area contributed by atoms with Gasteiger partial charge in [0.1, 0.15) is 0 Å². The smallest absolute Gasteiger partial charge is 0.422 e. The summed E-state index contributed by atoms with van der Waals surface area (Å²) in [6, 6.07) is 3.61. The number of nitrogens with one attached hydrogen (secondary N) is 1. The minimum atomic E-state index is -4.37. The summed E-state index contributed by atoms with van der Waals surface area (Å²) in [7, 11) is 0. The first kappa shape index (κ1) is 26.6. The molecule has 1 N–H and O–H groups in total. The van der Waals surface area contributed by atoms with Crippen LogP contribution in [0.2, 0.25) is 0 Å². The Morgan fingerprint density at radius 2 is 2.00 bits per heavy atom. The highest BCUT2D eigenvalue weighted by Gasteiger charge is 2.29. The van der Waals surface area contributed by atoms with Crippen molar-refractivity contribution in [2.75, 3.05) is 26.2 Å². The molecule has 0 saturated heterocycles. The van der Waals surface area contributed by atoms with E-state index in [1.807, 2.05) is 19.1 Å². The van der Waals surface area contributed by atoms with Crippen LogP contribution in [-0.4, -0.2) is 59.2 Å². The summed E-state index contributed by atoms with van der Waals surface area (Å²) in [5.41, 5.74) is 1.93. The number of thiazole rings is 1. The van der Waals surface area contributed by atoms with Gasteiger partial charge in [0.15, 0.2) is 6.61 Å². The Bertz CT molecular complexity index is 1050. The molecule has 0 aromatic carbocycles. The van der Waals surface area contributed by atoms with Crippen LogP contribution in [0.4, 0.5) is 13.2 Å². The van der Waals surface area contributed by atoms with Crippen LogP contribution in [0.25, 0.3) is 6.08 Å². The number of aryl methyl sites for hydroxylation is 1. The number of pyridine rings is 1. The molecule has 2 aromatic rings. The van der Waals surface area contributed by atoms with Crippen LogP contribution < -0.4 is 10.1 Å². The molecule has 1 fully saturated rings. The van der Waals surface area contributed by atoms with Crippen molar-refractivity contribution in [1.82, 2.24) is 20.2 Å². The number of halogens is 3. The largest absolute Gasteiger partial charge is 0.468 e. The number of aromatic nitrogens is 2. The van der Waals surface area contributed by atoms with Gasteiger partial charge in [-0.3, -0.25) is 4.79 Å². The molecule has 6 nitrogen and oxygen atoms in total. The van der Waals surface area contributed by atoms with Gasteiger partial charge in [-0.05, 0) is 69.6 Å². The number of fused-ring (bicyclic) bond motifs is 1. The number of amides is 1. The van der Waals surface area contributed by atoms with Gasteiger partial charge in [0, 0.05) is 54.5 Å². The maximum atomic E-state index is 12.4. The Balaban J connectivity index is 1.15. The van der Waals surface area contributed by atoms with Crippen molar-refractivity contribution in [3.63, 3.8) is 0 Å². The van der Waals surface area contributed by atoms with Crippen LogP contribution >= 0.6 is 11.3 Å². The summed E-state index contributed by atoms with van der Waals surface area (Å²) in [4.78, 5) is 24.2. The van der Waals surface area contributed by atoms with E-state index in [0.717, 1.165) is 79.3 Å². The minimum absolute atomic E-state index is 0.0393. The van der Waals surface area contributed by atoms with Gasteiger partial charge in [-0.25, -0.2) is 9.97 Å². The van der Waals surface area contributed by atoms with Gasteiger partial charge in [-0.1, -0.05) is 6.07 Å². The lowest BCUT2D eigenvalue weighted by atomic mass is 9.84. The summed E-state index contributed by atoms with van der Waals surface area (Å²) in [6.45, 7) is 3.40. The molecular weight excluding hydrogens is 489 g/mol. The first-order valence-electron chi connectivity index (χ1n) is 12.6. The fourth-order valence-corrected chi connectivity index (χ4v) is 5.58. The van der Waals surface area contributed by atoms with Crippen molar-refractivity contribution in [1.29, 1.82) is 0 Å². The summed E-state index contributed by atoms with van der Waals surface area (Å²) in [5, 5.41) is 4.12. The highest BCUT2D eigenvalue weighted by Crippen LogP contribution is 2.28. The molecule has 0 atom stereocenters. The number of carbonyl (C=O) groups is 1. The lowest BCUT2D eigenvalue weighted by Gasteiger charge is -2.30. The third-order valence-corrected chi connectivity index (χ3v) is 7.75. The molecule has 36 heavy (non-hydrogen) atoms. The molecule has 0 spiro atoms. The fraction of sp³-hybridized carbons (Fsp3) is 0.577. The van der Waals surface area contributed by atoms with E-state index in [2.05, 4.69) is 20.2 Å². The van der Waals surface area contributed by atoms with Crippen molar-refractivity contribution in [3.05, 3.63) is 45.5 Å². The van der Waals surface area contributed by atoms with Crippen LogP contribution in [-0.2, 0) is 17.6 Å². The maximum Gasteiger partial charge on any atom is 0.422 e. The van der Waals surface area contributed by atoms with E-state index < -0.39 is 12.8 Å². The molecule has 0 bridgehead atoms. The number of alkyl halides is 3. The molecule has 10 heteroatoms. The van der Waals surface area contributed by atoms with Crippen LogP contribution in [0.5, 0.6) is 5.88 Å². The van der Waals surface area contributed by atoms with Gasteiger partial charge in [0.05, 0.1) is 5.01 Å². The molecule has 2 aliphatic rings. The summed E-state index contributed by atoms with van der Waals surface area (Å²) < 4.78 is 42.1. The van der Waals surface area contributed by atoms with Gasteiger partial charge >= 0.3 is 6.18 Å². The van der Waals surface area contributed by atoms with Crippen LogP contribution in [0.1, 0.15) is 53.2 Å².